The van der Waals surface area contributed by atoms with Crippen LogP contribution in [0.4, 0.5) is 21.0 Å². The normalized spacial score (nSPS) is 35.0. The number of hydrogen-bond acceptors (Lipinski definition) is 8. The highest BCUT2D eigenvalue weighted by Crippen LogP contribution is 2.69. The first kappa shape index (κ1) is 27.1. The summed E-state index contributed by atoms with van der Waals surface area (Å²) >= 11 is 0. The molecule has 44 heavy (non-hydrogen) atoms. The van der Waals surface area contributed by atoms with E-state index in [1.807, 2.05) is 90.1 Å². The average Bonchev–Trinajstić information content (AvgIpc) is 3.62. The van der Waals surface area contributed by atoms with Crippen LogP contribution in [0.5, 0.6) is 0 Å². The third kappa shape index (κ3) is 3.13. The summed E-state index contributed by atoms with van der Waals surface area (Å²) in [5.41, 5.74) is -0.560. The number of nitriles is 2. The molecular weight excluding hydrogens is 556 g/mol. The molecule has 0 N–H and O–H groups in total. The van der Waals surface area contributed by atoms with Crippen molar-refractivity contribution in [2.75, 3.05) is 22.9 Å². The maximum atomic E-state index is 13.4. The Kier molecular flexibility index (Phi) is 5.04. The molecule has 226 valence electrons. The van der Waals surface area contributed by atoms with Crippen LogP contribution in [0.1, 0.15) is 52.7 Å². The summed E-state index contributed by atoms with van der Waals surface area (Å²) in [6, 6.07) is 19.6. The molecule has 6 aliphatic rings. The van der Waals surface area contributed by atoms with E-state index in [4.69, 9.17) is 9.47 Å². The molecule has 4 saturated heterocycles. The predicted molar refractivity (Wildman–Crippen MR) is 161 cm³/mol. The maximum Gasteiger partial charge on any atom is 0.411 e. The van der Waals surface area contributed by atoms with Gasteiger partial charge in [0.15, 0.2) is 0 Å². The minimum atomic E-state index is -1.35. The fraction of sp³-hybridized carbons (Fsp3) is 0.529. The number of ether oxygens (including phenoxy) is 2. The lowest BCUT2D eigenvalue weighted by Gasteiger charge is -2.46. The monoisotopic (exact) mass is 592 g/mol. The van der Waals surface area contributed by atoms with Crippen LogP contribution in [0.15, 0.2) is 48.5 Å². The zero-order chi connectivity index (χ0) is 31.1. The Balaban J connectivity index is 1.30. The molecule has 2 amide bonds. The van der Waals surface area contributed by atoms with Gasteiger partial charge in [0.2, 0.25) is 0 Å². The lowest BCUT2D eigenvalue weighted by atomic mass is 9.53. The summed E-state index contributed by atoms with van der Waals surface area (Å²) in [6.07, 6.45) is -0.790. The molecule has 10 heteroatoms. The minimum absolute atomic E-state index is 0.116. The number of benzene rings is 2. The fourth-order valence-corrected chi connectivity index (χ4v) is 9.09. The van der Waals surface area contributed by atoms with Gasteiger partial charge in [0.05, 0.1) is 48.4 Å². The molecule has 2 aromatic rings. The molecule has 8 atom stereocenters. The van der Waals surface area contributed by atoms with Crippen LogP contribution in [0.3, 0.4) is 0 Å². The van der Waals surface area contributed by atoms with E-state index in [1.54, 1.807) is 9.80 Å². The second-order valence-electron chi connectivity index (χ2n) is 15.0. The summed E-state index contributed by atoms with van der Waals surface area (Å²) in [5, 5.41) is 23.2. The van der Waals surface area contributed by atoms with Crippen LogP contribution in [-0.4, -0.2) is 82.5 Å². The highest BCUT2D eigenvalue weighted by molar-refractivity contribution is 5.84. The van der Waals surface area contributed by atoms with Gasteiger partial charge in [0.1, 0.15) is 22.0 Å². The Labute approximate surface area is 257 Å². The summed E-state index contributed by atoms with van der Waals surface area (Å²) in [4.78, 5) is 34.8. The SMILES string of the molecule is CC(C)(C)OC(=O)N1[C@H]2[C@@H]1CN1c3ccccc3[C@](C#N)([C@@]3(C#N)c4ccccc4N4C[C@H]5[C@@H]([C@@H]43)N5C(=O)OC(C)(C)C)[C@@H]21. The van der Waals surface area contributed by atoms with Gasteiger partial charge in [-0.3, -0.25) is 9.80 Å². The Hall–Kier alpha value is -4.44. The van der Waals surface area contributed by atoms with Crippen LogP contribution < -0.4 is 9.80 Å². The van der Waals surface area contributed by atoms with E-state index < -0.39 is 46.3 Å². The Bertz CT molecular complexity index is 1590. The number of carbonyl (C=O) groups excluding carboxylic acids is 2. The molecule has 0 saturated carbocycles. The molecular formula is C34H36N6O4. The molecule has 6 aliphatic heterocycles. The van der Waals surface area contributed by atoms with Gasteiger partial charge < -0.3 is 19.3 Å². The second kappa shape index (κ2) is 8.18. The quantitative estimate of drug-likeness (QED) is 0.451. The summed E-state index contributed by atoms with van der Waals surface area (Å²) in [6.45, 7) is 12.2. The zero-order valence-corrected chi connectivity index (χ0v) is 25.8. The number of carbonyl (C=O) groups is 2. The number of nitrogens with zero attached hydrogens (tertiary/aromatic N) is 6. The van der Waals surface area contributed by atoms with Gasteiger partial charge in [-0.15, -0.1) is 0 Å². The van der Waals surface area contributed by atoms with Crippen LogP contribution in [0, 0.1) is 22.7 Å². The van der Waals surface area contributed by atoms with E-state index in [-0.39, 0.29) is 24.2 Å². The van der Waals surface area contributed by atoms with Gasteiger partial charge in [0.25, 0.3) is 0 Å². The number of rotatable bonds is 1. The fourth-order valence-electron chi connectivity index (χ4n) is 9.09. The lowest BCUT2D eigenvalue weighted by Crippen LogP contribution is -2.64. The number of hydrogen-bond donors (Lipinski definition) is 0. The van der Waals surface area contributed by atoms with Crippen molar-refractivity contribution in [2.24, 2.45) is 0 Å². The summed E-state index contributed by atoms with van der Waals surface area (Å²) < 4.78 is 11.6. The van der Waals surface area contributed by atoms with Gasteiger partial charge in [-0.1, -0.05) is 36.4 Å². The largest absolute Gasteiger partial charge is 0.444 e. The van der Waals surface area contributed by atoms with Crippen molar-refractivity contribution in [3.8, 4) is 12.1 Å². The first-order valence-corrected chi connectivity index (χ1v) is 15.4. The molecule has 10 nitrogen and oxygen atoms in total. The number of piperazine rings is 2. The van der Waals surface area contributed by atoms with Crippen molar-refractivity contribution in [3.05, 3.63) is 59.7 Å². The Morgan fingerprint density at radius 1 is 0.705 bits per heavy atom. The highest BCUT2D eigenvalue weighted by Gasteiger charge is 2.83. The van der Waals surface area contributed by atoms with E-state index in [0.717, 1.165) is 22.5 Å². The topological polar surface area (TPSA) is 113 Å². The van der Waals surface area contributed by atoms with Gasteiger partial charge in [-0.25, -0.2) is 9.59 Å². The third-order valence-electron chi connectivity index (χ3n) is 10.4. The Morgan fingerprint density at radius 3 is 1.41 bits per heavy atom. The smallest absolute Gasteiger partial charge is 0.411 e. The van der Waals surface area contributed by atoms with Crippen molar-refractivity contribution >= 4 is 23.6 Å². The van der Waals surface area contributed by atoms with E-state index >= 15 is 0 Å². The van der Waals surface area contributed by atoms with Gasteiger partial charge in [0, 0.05) is 24.5 Å². The van der Waals surface area contributed by atoms with E-state index in [9.17, 15) is 20.1 Å². The zero-order valence-electron chi connectivity index (χ0n) is 25.8. The maximum absolute atomic E-state index is 13.4. The van der Waals surface area contributed by atoms with Crippen LogP contribution >= 0.6 is 0 Å². The van der Waals surface area contributed by atoms with Crippen molar-refractivity contribution in [1.82, 2.24) is 9.80 Å². The number of fused-ring (bicyclic) bond motifs is 10. The molecule has 0 aliphatic carbocycles. The number of amides is 2. The molecule has 4 fully saturated rings. The predicted octanol–water partition coefficient (Wildman–Crippen LogP) is 4.29. The van der Waals surface area contributed by atoms with Gasteiger partial charge >= 0.3 is 12.2 Å². The molecule has 0 spiro atoms. The molecule has 0 radical (unpaired) electrons. The number of anilines is 2. The molecule has 0 aromatic heterocycles. The van der Waals surface area contributed by atoms with Crippen molar-refractivity contribution in [2.45, 2.75) is 99.8 Å². The van der Waals surface area contributed by atoms with Gasteiger partial charge in [-0.2, -0.15) is 10.5 Å². The first-order valence-electron chi connectivity index (χ1n) is 15.4. The number of para-hydroxylation sites is 2. The van der Waals surface area contributed by atoms with Crippen LogP contribution in [-0.2, 0) is 20.3 Å². The molecule has 6 heterocycles. The van der Waals surface area contributed by atoms with Crippen LogP contribution in [0.2, 0.25) is 0 Å². The van der Waals surface area contributed by atoms with Crippen molar-refractivity contribution < 1.29 is 19.1 Å². The van der Waals surface area contributed by atoms with Crippen molar-refractivity contribution in [3.63, 3.8) is 0 Å². The van der Waals surface area contributed by atoms with E-state index in [0.29, 0.717) is 13.1 Å². The summed E-state index contributed by atoms with van der Waals surface area (Å²) in [5.74, 6) is 0. The average molecular weight is 593 g/mol. The van der Waals surface area contributed by atoms with Crippen molar-refractivity contribution in [1.29, 1.82) is 10.5 Å². The first-order chi connectivity index (χ1) is 20.8. The molecule has 8 rings (SSSR count). The highest BCUT2D eigenvalue weighted by atomic mass is 16.6. The third-order valence-corrected chi connectivity index (χ3v) is 10.4. The van der Waals surface area contributed by atoms with E-state index in [1.165, 1.54) is 0 Å². The molecule has 0 unspecified atom stereocenters. The second-order valence-corrected chi connectivity index (χ2v) is 15.0. The molecule has 0 bridgehead atoms. The van der Waals surface area contributed by atoms with E-state index in [2.05, 4.69) is 21.9 Å². The lowest BCUT2D eigenvalue weighted by molar-refractivity contribution is 0.0353. The molecule has 2 aromatic carbocycles. The van der Waals surface area contributed by atoms with Crippen LogP contribution in [0.25, 0.3) is 0 Å². The van der Waals surface area contributed by atoms with Gasteiger partial charge in [-0.05, 0) is 64.8 Å². The Morgan fingerprint density at radius 2 is 1.07 bits per heavy atom. The summed E-state index contributed by atoms with van der Waals surface area (Å²) in [7, 11) is 0. The standard InChI is InChI=1S/C34H36N6O4/c1-31(2,3)43-29(41)39-23-15-37-21-13-9-7-11-19(21)33(17-35,27(37)25(23)39)34(18-36)20-12-8-10-14-22(20)38-16-24-26(28(34)38)40(24)30(42)44-32(4,5)6/h7-14,23-28H,15-16H2,1-6H3/t23-,24-,25-,26-,27+,28+,33-,34-,39?,40?/m0/s1. The minimum Gasteiger partial charge on any atom is -0.444 e.